The van der Waals surface area contributed by atoms with Crippen LogP contribution in [0.15, 0.2) is 29.8 Å². The van der Waals surface area contributed by atoms with Crippen molar-refractivity contribution in [2.75, 3.05) is 11.9 Å². The molecule has 1 aromatic carbocycles. The third kappa shape index (κ3) is 2.75. The Morgan fingerprint density at radius 1 is 1.55 bits per heavy atom. The molecule has 2 amide bonds. The van der Waals surface area contributed by atoms with Gasteiger partial charge in [0.1, 0.15) is 5.75 Å². The summed E-state index contributed by atoms with van der Waals surface area (Å²) < 4.78 is 0. The molecular formula is C15H15N4O2S. The number of fused-ring (bicyclic) bond motifs is 1. The van der Waals surface area contributed by atoms with Crippen LogP contribution in [0.3, 0.4) is 0 Å². The number of aromatic amines is 1. The Kier molecular flexibility index (Phi) is 3.72. The van der Waals surface area contributed by atoms with E-state index in [4.69, 9.17) is 5.73 Å². The zero-order chi connectivity index (χ0) is 15.7. The van der Waals surface area contributed by atoms with Crippen LogP contribution in [0.2, 0.25) is 0 Å². The number of phenols is 1. The molecule has 0 atom stereocenters. The first-order valence-electron chi connectivity index (χ1n) is 6.65. The fourth-order valence-corrected chi connectivity index (χ4v) is 2.95. The van der Waals surface area contributed by atoms with Gasteiger partial charge in [-0.1, -0.05) is 0 Å². The van der Waals surface area contributed by atoms with Gasteiger partial charge in [-0.05, 0) is 30.2 Å². The zero-order valence-corrected chi connectivity index (χ0v) is 12.7. The number of thiazole rings is 1. The number of phenolic OH excluding ortho intramolecular Hbond substituents is 1. The SMILES string of the molecule is CN(C(N)=O)c1nc([CH]Cc2c[nH]c3ccc(O)cc23)cs1. The number of hydrogen-bond acceptors (Lipinski definition) is 4. The lowest BCUT2D eigenvalue weighted by molar-refractivity contribution is 0.255. The van der Waals surface area contributed by atoms with E-state index in [-0.39, 0.29) is 5.75 Å². The van der Waals surface area contributed by atoms with Gasteiger partial charge >= 0.3 is 6.03 Å². The van der Waals surface area contributed by atoms with Crippen LogP contribution in [0.25, 0.3) is 10.9 Å². The zero-order valence-electron chi connectivity index (χ0n) is 11.9. The van der Waals surface area contributed by atoms with Crippen molar-refractivity contribution in [1.29, 1.82) is 0 Å². The fraction of sp³-hybridized carbons (Fsp3) is 0.133. The molecule has 0 spiro atoms. The minimum absolute atomic E-state index is 0.243. The number of rotatable bonds is 4. The van der Waals surface area contributed by atoms with Crippen LogP contribution < -0.4 is 10.6 Å². The summed E-state index contributed by atoms with van der Waals surface area (Å²) in [4.78, 5) is 19.9. The smallest absolute Gasteiger partial charge is 0.320 e. The molecule has 113 valence electrons. The minimum Gasteiger partial charge on any atom is -0.508 e. The van der Waals surface area contributed by atoms with Crippen LogP contribution in [-0.4, -0.2) is 28.2 Å². The molecule has 0 bridgehead atoms. The van der Waals surface area contributed by atoms with Gasteiger partial charge in [0.05, 0.1) is 5.69 Å². The van der Waals surface area contributed by atoms with E-state index in [9.17, 15) is 9.90 Å². The number of anilines is 1. The van der Waals surface area contributed by atoms with Crippen LogP contribution in [0.1, 0.15) is 11.3 Å². The van der Waals surface area contributed by atoms with Gasteiger partial charge in [0.2, 0.25) is 0 Å². The Bertz CT molecular complexity index is 824. The molecule has 2 heterocycles. The average Bonchev–Trinajstić information content (AvgIpc) is 3.10. The molecule has 0 aliphatic carbocycles. The van der Waals surface area contributed by atoms with Gasteiger partial charge in [-0.2, -0.15) is 0 Å². The number of benzene rings is 1. The maximum atomic E-state index is 11.1. The van der Waals surface area contributed by atoms with E-state index in [1.54, 1.807) is 19.2 Å². The summed E-state index contributed by atoms with van der Waals surface area (Å²) >= 11 is 1.36. The number of carbonyl (C=O) groups is 1. The van der Waals surface area contributed by atoms with Crippen LogP contribution in [-0.2, 0) is 6.42 Å². The first-order chi connectivity index (χ1) is 10.5. The molecule has 0 saturated heterocycles. The van der Waals surface area contributed by atoms with E-state index in [1.165, 1.54) is 16.2 Å². The summed E-state index contributed by atoms with van der Waals surface area (Å²) in [6.45, 7) is 0. The lowest BCUT2D eigenvalue weighted by Crippen LogP contribution is -2.31. The second kappa shape index (κ2) is 5.69. The quantitative estimate of drug-likeness (QED) is 0.690. The Morgan fingerprint density at radius 3 is 3.14 bits per heavy atom. The van der Waals surface area contributed by atoms with E-state index in [1.807, 2.05) is 24.1 Å². The van der Waals surface area contributed by atoms with Crippen molar-refractivity contribution in [3.05, 3.63) is 47.5 Å². The van der Waals surface area contributed by atoms with Crippen molar-refractivity contribution in [2.24, 2.45) is 5.73 Å². The lowest BCUT2D eigenvalue weighted by atomic mass is 10.1. The standard InChI is InChI=1S/C15H15N4O2S/c1-19(14(16)21)15-18-10(8-22-15)3-2-9-7-17-13-5-4-11(20)6-12(9)13/h3-8,17,20H,2H2,1H3,(H2,16,21). The molecular weight excluding hydrogens is 300 g/mol. The maximum Gasteiger partial charge on any atom is 0.320 e. The van der Waals surface area contributed by atoms with Gasteiger partial charge in [0.15, 0.2) is 5.13 Å². The van der Waals surface area contributed by atoms with Crippen molar-refractivity contribution >= 4 is 33.4 Å². The number of urea groups is 1. The van der Waals surface area contributed by atoms with Gasteiger partial charge in [-0.15, -0.1) is 11.3 Å². The Balaban J connectivity index is 1.74. The van der Waals surface area contributed by atoms with E-state index in [0.29, 0.717) is 11.6 Å². The first-order valence-corrected chi connectivity index (χ1v) is 7.53. The molecule has 3 rings (SSSR count). The molecule has 1 radical (unpaired) electrons. The molecule has 6 nitrogen and oxygen atoms in total. The summed E-state index contributed by atoms with van der Waals surface area (Å²) in [5, 5.41) is 13.0. The summed E-state index contributed by atoms with van der Waals surface area (Å²) in [5.74, 6) is 0.243. The third-order valence-electron chi connectivity index (χ3n) is 3.41. The van der Waals surface area contributed by atoms with Crippen molar-refractivity contribution in [3.8, 4) is 5.75 Å². The number of hydrogen-bond donors (Lipinski definition) is 3. The second-order valence-corrected chi connectivity index (χ2v) is 5.74. The third-order valence-corrected chi connectivity index (χ3v) is 4.34. The topological polar surface area (TPSA) is 95.2 Å². The normalized spacial score (nSPS) is 11.0. The molecule has 0 aliphatic heterocycles. The van der Waals surface area contributed by atoms with Crippen LogP contribution >= 0.6 is 11.3 Å². The number of nitrogens with zero attached hydrogens (tertiary/aromatic N) is 2. The number of H-pyrrole nitrogens is 1. The number of carbonyl (C=O) groups excluding carboxylic acids is 1. The highest BCUT2D eigenvalue weighted by atomic mass is 32.1. The van der Waals surface area contributed by atoms with Crippen molar-refractivity contribution in [1.82, 2.24) is 9.97 Å². The molecule has 0 aliphatic rings. The fourth-order valence-electron chi connectivity index (χ4n) is 2.17. The predicted molar refractivity (Wildman–Crippen MR) is 87.2 cm³/mol. The number of aromatic nitrogens is 2. The molecule has 3 aromatic rings. The minimum atomic E-state index is -0.534. The molecule has 0 fully saturated rings. The summed E-state index contributed by atoms with van der Waals surface area (Å²) in [6.07, 6.45) is 4.57. The average molecular weight is 315 g/mol. The predicted octanol–water partition coefficient (Wildman–Crippen LogP) is 2.64. The van der Waals surface area contributed by atoms with E-state index in [0.717, 1.165) is 22.2 Å². The van der Waals surface area contributed by atoms with Crippen molar-refractivity contribution < 1.29 is 9.90 Å². The maximum absolute atomic E-state index is 11.1. The van der Waals surface area contributed by atoms with Crippen LogP contribution in [0.4, 0.5) is 9.93 Å². The van der Waals surface area contributed by atoms with E-state index in [2.05, 4.69) is 9.97 Å². The highest BCUT2D eigenvalue weighted by Gasteiger charge is 2.12. The number of primary amides is 1. The molecule has 4 N–H and O–H groups in total. The molecule has 0 unspecified atom stereocenters. The van der Waals surface area contributed by atoms with Crippen LogP contribution in [0, 0.1) is 6.42 Å². The molecule has 7 heteroatoms. The highest BCUT2D eigenvalue weighted by molar-refractivity contribution is 7.14. The lowest BCUT2D eigenvalue weighted by Gasteiger charge is -2.08. The highest BCUT2D eigenvalue weighted by Crippen LogP contribution is 2.25. The Morgan fingerprint density at radius 2 is 2.36 bits per heavy atom. The second-order valence-electron chi connectivity index (χ2n) is 4.90. The molecule has 0 saturated carbocycles. The molecule has 22 heavy (non-hydrogen) atoms. The van der Waals surface area contributed by atoms with Gasteiger partial charge in [-0.25, -0.2) is 9.78 Å². The first kappa shape index (κ1) is 14.4. The van der Waals surface area contributed by atoms with Gasteiger partial charge in [0.25, 0.3) is 0 Å². The molecule has 2 aromatic heterocycles. The summed E-state index contributed by atoms with van der Waals surface area (Å²) in [5.41, 5.74) is 8.07. The van der Waals surface area contributed by atoms with Gasteiger partial charge in [0, 0.05) is 35.9 Å². The number of nitrogens with one attached hydrogen (secondary N) is 1. The monoisotopic (exact) mass is 315 g/mol. The number of aromatic hydroxyl groups is 1. The summed E-state index contributed by atoms with van der Waals surface area (Å²) in [7, 11) is 1.59. The van der Waals surface area contributed by atoms with E-state index < -0.39 is 6.03 Å². The largest absolute Gasteiger partial charge is 0.508 e. The number of amides is 2. The van der Waals surface area contributed by atoms with Crippen molar-refractivity contribution in [3.63, 3.8) is 0 Å². The van der Waals surface area contributed by atoms with Crippen molar-refractivity contribution in [2.45, 2.75) is 6.42 Å². The van der Waals surface area contributed by atoms with Gasteiger partial charge in [-0.3, -0.25) is 4.90 Å². The summed E-state index contributed by atoms with van der Waals surface area (Å²) in [6, 6.07) is 4.70. The van der Waals surface area contributed by atoms with E-state index >= 15 is 0 Å². The Labute approximate surface area is 131 Å². The van der Waals surface area contributed by atoms with Crippen LogP contribution in [0.5, 0.6) is 5.75 Å². The van der Waals surface area contributed by atoms with Gasteiger partial charge < -0.3 is 15.8 Å². The Hall–Kier alpha value is -2.54. The number of nitrogens with two attached hydrogens (primary N) is 1.